The quantitative estimate of drug-likeness (QED) is 0.345. The maximum atomic E-state index is 15.1. The highest BCUT2D eigenvalue weighted by Gasteiger charge is 2.14. The number of rotatable bonds is 1. The first-order valence-corrected chi connectivity index (χ1v) is 8.31. The number of hydrogen-bond acceptors (Lipinski definition) is 0. The van der Waals surface area contributed by atoms with Crippen LogP contribution in [0.4, 0.5) is 4.39 Å². The second kappa shape index (κ2) is 5.47. The first kappa shape index (κ1) is 14.4. The van der Waals surface area contributed by atoms with Crippen molar-refractivity contribution in [2.45, 2.75) is 6.92 Å². The van der Waals surface area contributed by atoms with Crippen molar-refractivity contribution in [3.63, 3.8) is 0 Å². The molecule has 0 amide bonds. The van der Waals surface area contributed by atoms with E-state index in [1.165, 1.54) is 5.39 Å². The molecule has 0 saturated carbocycles. The average Bonchev–Trinajstić information content (AvgIpc) is 2.58. The van der Waals surface area contributed by atoms with Crippen LogP contribution >= 0.6 is 15.9 Å². The van der Waals surface area contributed by atoms with Crippen molar-refractivity contribution in [1.29, 1.82) is 0 Å². The summed E-state index contributed by atoms with van der Waals surface area (Å²) in [5.41, 5.74) is 2.65. The summed E-state index contributed by atoms with van der Waals surface area (Å²) in [6.45, 7) is 2.03. The standard InChI is InChI=1S/C21H14BrF/c1-13-10-14-6-2-3-7-15(14)11-18(13)19-12-20(22)16-8-4-5-9-17(16)21(19)23/h2-12H,1H3. The lowest BCUT2D eigenvalue weighted by Crippen LogP contribution is -1.91. The van der Waals surface area contributed by atoms with Gasteiger partial charge in [-0.2, -0.15) is 0 Å². The molecule has 0 nitrogen and oxygen atoms in total. The van der Waals surface area contributed by atoms with Crippen molar-refractivity contribution in [3.05, 3.63) is 82.6 Å². The van der Waals surface area contributed by atoms with E-state index >= 15 is 4.39 Å². The minimum Gasteiger partial charge on any atom is -0.206 e. The molecule has 4 rings (SSSR count). The van der Waals surface area contributed by atoms with Crippen molar-refractivity contribution in [2.24, 2.45) is 0 Å². The summed E-state index contributed by atoms with van der Waals surface area (Å²) in [4.78, 5) is 0. The predicted molar refractivity (Wildman–Crippen MR) is 99.3 cm³/mol. The van der Waals surface area contributed by atoms with Crippen LogP contribution in [0.3, 0.4) is 0 Å². The topological polar surface area (TPSA) is 0 Å². The van der Waals surface area contributed by atoms with E-state index in [0.29, 0.717) is 10.9 Å². The second-order valence-corrected chi connectivity index (χ2v) is 6.63. The van der Waals surface area contributed by atoms with Gasteiger partial charge in [-0.05, 0) is 46.3 Å². The van der Waals surface area contributed by atoms with Gasteiger partial charge in [-0.1, -0.05) is 70.5 Å². The first-order chi connectivity index (χ1) is 11.1. The van der Waals surface area contributed by atoms with Gasteiger partial charge in [0.15, 0.2) is 0 Å². The second-order valence-electron chi connectivity index (χ2n) is 5.78. The Morgan fingerprint density at radius 1 is 0.739 bits per heavy atom. The molecular formula is C21H14BrF. The predicted octanol–water partition coefficient (Wildman–Crippen LogP) is 6.87. The molecule has 0 aromatic heterocycles. The summed E-state index contributed by atoms with van der Waals surface area (Å²) >= 11 is 3.59. The molecule has 4 aromatic carbocycles. The fraction of sp³-hybridized carbons (Fsp3) is 0.0476. The molecule has 0 aliphatic heterocycles. The molecular weight excluding hydrogens is 351 g/mol. The molecule has 23 heavy (non-hydrogen) atoms. The van der Waals surface area contributed by atoms with E-state index in [9.17, 15) is 0 Å². The monoisotopic (exact) mass is 364 g/mol. The lowest BCUT2D eigenvalue weighted by molar-refractivity contribution is 0.643. The van der Waals surface area contributed by atoms with Gasteiger partial charge in [0.25, 0.3) is 0 Å². The minimum absolute atomic E-state index is 0.165. The molecule has 0 aliphatic rings. The fourth-order valence-electron chi connectivity index (χ4n) is 3.14. The Labute approximate surface area is 142 Å². The zero-order chi connectivity index (χ0) is 16.0. The molecule has 2 heteroatoms. The third kappa shape index (κ3) is 2.34. The highest BCUT2D eigenvalue weighted by Crippen LogP contribution is 2.37. The van der Waals surface area contributed by atoms with E-state index in [-0.39, 0.29) is 5.82 Å². The molecule has 0 heterocycles. The normalized spacial score (nSPS) is 11.3. The Bertz CT molecular complexity index is 1050. The van der Waals surface area contributed by atoms with Gasteiger partial charge in [-0.25, -0.2) is 4.39 Å². The number of halogens is 2. The molecule has 0 radical (unpaired) electrons. The maximum Gasteiger partial charge on any atom is 0.138 e. The van der Waals surface area contributed by atoms with Gasteiger partial charge in [0, 0.05) is 15.4 Å². The molecule has 4 aromatic rings. The molecule has 0 unspecified atom stereocenters. The molecule has 0 atom stereocenters. The van der Waals surface area contributed by atoms with Crippen LogP contribution in [0.1, 0.15) is 5.56 Å². The third-order valence-electron chi connectivity index (χ3n) is 4.31. The van der Waals surface area contributed by atoms with Crippen molar-refractivity contribution in [3.8, 4) is 11.1 Å². The van der Waals surface area contributed by atoms with Crippen molar-refractivity contribution in [2.75, 3.05) is 0 Å². The Balaban J connectivity index is 2.06. The maximum absolute atomic E-state index is 15.1. The van der Waals surface area contributed by atoms with Gasteiger partial charge in [-0.15, -0.1) is 0 Å². The Kier molecular flexibility index (Phi) is 3.42. The summed E-state index contributed by atoms with van der Waals surface area (Å²) in [6.07, 6.45) is 0. The highest BCUT2D eigenvalue weighted by atomic mass is 79.9. The lowest BCUT2D eigenvalue weighted by atomic mass is 9.94. The van der Waals surface area contributed by atoms with Crippen LogP contribution in [0.25, 0.3) is 32.7 Å². The van der Waals surface area contributed by atoms with E-state index in [2.05, 4.69) is 40.2 Å². The van der Waals surface area contributed by atoms with E-state index in [0.717, 1.165) is 26.4 Å². The van der Waals surface area contributed by atoms with Crippen LogP contribution in [0.5, 0.6) is 0 Å². The van der Waals surface area contributed by atoms with E-state index < -0.39 is 0 Å². The number of benzene rings is 4. The fourth-order valence-corrected chi connectivity index (χ4v) is 3.71. The van der Waals surface area contributed by atoms with Gasteiger partial charge in [0.2, 0.25) is 0 Å². The highest BCUT2D eigenvalue weighted by molar-refractivity contribution is 9.10. The van der Waals surface area contributed by atoms with Crippen LogP contribution in [0, 0.1) is 12.7 Å². The molecule has 0 saturated heterocycles. The smallest absolute Gasteiger partial charge is 0.138 e. The van der Waals surface area contributed by atoms with Gasteiger partial charge in [0.05, 0.1) is 0 Å². The summed E-state index contributed by atoms with van der Waals surface area (Å²) in [6, 6.07) is 21.8. The molecule has 0 fully saturated rings. The summed E-state index contributed by atoms with van der Waals surface area (Å²) < 4.78 is 16.0. The Hall–Kier alpha value is -2.19. The van der Waals surface area contributed by atoms with Crippen molar-refractivity contribution in [1.82, 2.24) is 0 Å². The number of aryl methyl sites for hydroxylation is 1. The van der Waals surface area contributed by atoms with Crippen LogP contribution in [0.15, 0.2) is 71.2 Å². The summed E-state index contributed by atoms with van der Waals surface area (Å²) in [5.74, 6) is -0.165. The number of fused-ring (bicyclic) bond motifs is 2. The van der Waals surface area contributed by atoms with Crippen molar-refractivity contribution < 1.29 is 4.39 Å². The van der Waals surface area contributed by atoms with Gasteiger partial charge < -0.3 is 0 Å². The van der Waals surface area contributed by atoms with Crippen LogP contribution in [0.2, 0.25) is 0 Å². The third-order valence-corrected chi connectivity index (χ3v) is 4.97. The van der Waals surface area contributed by atoms with Gasteiger partial charge in [-0.3, -0.25) is 0 Å². The zero-order valence-electron chi connectivity index (χ0n) is 12.6. The molecule has 0 aliphatic carbocycles. The van der Waals surface area contributed by atoms with E-state index in [1.807, 2.05) is 49.4 Å². The zero-order valence-corrected chi connectivity index (χ0v) is 14.2. The van der Waals surface area contributed by atoms with Crippen molar-refractivity contribution >= 4 is 37.5 Å². The molecule has 0 bridgehead atoms. The largest absolute Gasteiger partial charge is 0.206 e. The van der Waals surface area contributed by atoms with E-state index in [4.69, 9.17) is 0 Å². The minimum atomic E-state index is -0.165. The SMILES string of the molecule is Cc1cc2ccccc2cc1-c1cc(Br)c2ccccc2c1F. The Morgan fingerprint density at radius 3 is 2.09 bits per heavy atom. The number of hydrogen-bond donors (Lipinski definition) is 0. The van der Waals surface area contributed by atoms with Gasteiger partial charge >= 0.3 is 0 Å². The van der Waals surface area contributed by atoms with Crippen LogP contribution < -0.4 is 0 Å². The summed E-state index contributed by atoms with van der Waals surface area (Å²) in [5, 5.41) is 3.84. The molecule has 0 spiro atoms. The molecule has 0 N–H and O–H groups in total. The van der Waals surface area contributed by atoms with E-state index in [1.54, 1.807) is 0 Å². The van der Waals surface area contributed by atoms with Crippen LogP contribution in [-0.2, 0) is 0 Å². The average molecular weight is 365 g/mol. The Morgan fingerprint density at radius 2 is 1.35 bits per heavy atom. The lowest BCUT2D eigenvalue weighted by Gasteiger charge is -2.13. The van der Waals surface area contributed by atoms with Crippen LogP contribution in [-0.4, -0.2) is 0 Å². The molecule has 112 valence electrons. The first-order valence-electron chi connectivity index (χ1n) is 7.51. The summed E-state index contributed by atoms with van der Waals surface area (Å²) in [7, 11) is 0. The van der Waals surface area contributed by atoms with Gasteiger partial charge in [0.1, 0.15) is 5.82 Å².